The average molecular weight is 470 g/mol. The van der Waals surface area contributed by atoms with Gasteiger partial charge in [-0.25, -0.2) is 15.0 Å². The Kier molecular flexibility index (Phi) is 6.36. The zero-order valence-electron chi connectivity index (χ0n) is 19.6. The maximum absolute atomic E-state index is 12.6. The topological polar surface area (TPSA) is 111 Å². The molecule has 0 radical (unpaired) electrons. The first-order valence-corrected chi connectivity index (χ1v) is 14.0. The number of nitrogens with zero attached hydrogens (tertiary/aromatic N) is 4. The van der Waals surface area contributed by atoms with Gasteiger partial charge in [0.25, 0.3) is 5.91 Å². The fraction of sp³-hybridized carbons (Fsp3) is 0.478. The van der Waals surface area contributed by atoms with E-state index in [1.807, 2.05) is 10.6 Å². The number of rotatable bonds is 6. The molecular formula is C23H31N5O4Si. The number of imidazole rings is 1. The normalized spacial score (nSPS) is 21.5. The number of carbonyl (C=O) groups is 1. The summed E-state index contributed by atoms with van der Waals surface area (Å²) in [6, 6.07) is 8.92. The van der Waals surface area contributed by atoms with Crippen molar-refractivity contribution < 1.29 is 19.1 Å². The highest BCUT2D eigenvalue weighted by molar-refractivity contribution is 6.74. The molecule has 0 bridgehead atoms. The lowest BCUT2D eigenvalue weighted by molar-refractivity contribution is -0.0410. The molecule has 1 aliphatic rings. The number of aromatic nitrogens is 4. The van der Waals surface area contributed by atoms with E-state index in [2.05, 4.69) is 54.1 Å². The summed E-state index contributed by atoms with van der Waals surface area (Å²) in [6.45, 7) is 10.8. The SMILES string of the molecule is CC(C)(C)[Si](C)(C)O[C@@H]1C[C@H](n2cnc3c(NC(=O)c4ccccc4)ncnc32)O[C@@H]1CO. The Hall–Kier alpha value is -2.66. The van der Waals surface area contributed by atoms with Gasteiger partial charge in [-0.3, -0.25) is 9.36 Å². The number of aliphatic hydroxyl groups excluding tert-OH is 1. The summed E-state index contributed by atoms with van der Waals surface area (Å²) in [5, 5.41) is 12.8. The van der Waals surface area contributed by atoms with E-state index < -0.39 is 20.6 Å². The molecule has 1 saturated heterocycles. The first kappa shape index (κ1) is 23.5. The van der Waals surface area contributed by atoms with Gasteiger partial charge >= 0.3 is 0 Å². The molecule has 33 heavy (non-hydrogen) atoms. The molecule has 4 rings (SSSR count). The van der Waals surface area contributed by atoms with Gasteiger partial charge in [0.2, 0.25) is 0 Å². The van der Waals surface area contributed by atoms with Crippen LogP contribution in [0.15, 0.2) is 43.0 Å². The van der Waals surface area contributed by atoms with Crippen LogP contribution < -0.4 is 5.32 Å². The second-order valence-electron chi connectivity index (χ2n) is 9.83. The summed E-state index contributed by atoms with van der Waals surface area (Å²) < 4.78 is 14.5. The first-order chi connectivity index (χ1) is 15.6. The van der Waals surface area contributed by atoms with Crippen LogP contribution in [-0.4, -0.2) is 57.7 Å². The van der Waals surface area contributed by atoms with Crippen molar-refractivity contribution in [3.8, 4) is 0 Å². The third-order valence-electron chi connectivity index (χ3n) is 6.55. The Labute approximate surface area is 194 Å². The van der Waals surface area contributed by atoms with Crippen LogP contribution in [-0.2, 0) is 9.16 Å². The van der Waals surface area contributed by atoms with Crippen LogP contribution in [0.3, 0.4) is 0 Å². The average Bonchev–Trinajstić information content (AvgIpc) is 3.37. The van der Waals surface area contributed by atoms with Crippen LogP contribution in [0.5, 0.6) is 0 Å². The minimum absolute atomic E-state index is 0.0475. The lowest BCUT2D eigenvalue weighted by atomic mass is 10.2. The van der Waals surface area contributed by atoms with Gasteiger partial charge in [-0.2, -0.15) is 0 Å². The molecule has 1 aliphatic heterocycles. The van der Waals surface area contributed by atoms with Crippen molar-refractivity contribution in [1.29, 1.82) is 0 Å². The molecule has 3 aromatic rings. The minimum atomic E-state index is -2.04. The number of hydrogen-bond donors (Lipinski definition) is 2. The fourth-order valence-corrected chi connectivity index (χ4v) is 5.00. The Morgan fingerprint density at radius 2 is 1.97 bits per heavy atom. The molecule has 1 aromatic carbocycles. The summed E-state index contributed by atoms with van der Waals surface area (Å²) in [4.78, 5) is 25.6. The minimum Gasteiger partial charge on any atom is -0.411 e. The molecular weight excluding hydrogens is 438 g/mol. The van der Waals surface area contributed by atoms with Gasteiger partial charge in [-0.15, -0.1) is 0 Å². The van der Waals surface area contributed by atoms with E-state index in [4.69, 9.17) is 9.16 Å². The number of benzene rings is 1. The summed E-state index contributed by atoms with van der Waals surface area (Å²) in [5.74, 6) is 0.0591. The Bertz CT molecular complexity index is 1130. The molecule has 176 valence electrons. The molecule has 2 N–H and O–H groups in total. The molecule has 9 nitrogen and oxygen atoms in total. The molecule has 0 aliphatic carbocycles. The van der Waals surface area contributed by atoms with Gasteiger partial charge in [-0.05, 0) is 30.3 Å². The molecule has 3 heterocycles. The van der Waals surface area contributed by atoms with E-state index in [9.17, 15) is 9.90 Å². The summed E-state index contributed by atoms with van der Waals surface area (Å²) in [6.07, 6.45) is 2.54. The number of nitrogens with one attached hydrogen (secondary N) is 1. The summed E-state index contributed by atoms with van der Waals surface area (Å²) in [5.41, 5.74) is 1.54. The van der Waals surface area contributed by atoms with E-state index in [0.29, 0.717) is 29.0 Å². The van der Waals surface area contributed by atoms with E-state index >= 15 is 0 Å². The molecule has 10 heteroatoms. The van der Waals surface area contributed by atoms with Gasteiger partial charge in [0, 0.05) is 12.0 Å². The van der Waals surface area contributed by atoms with Crippen LogP contribution >= 0.6 is 0 Å². The lowest BCUT2D eigenvalue weighted by Crippen LogP contribution is -2.46. The highest BCUT2D eigenvalue weighted by Gasteiger charge is 2.45. The molecule has 0 unspecified atom stereocenters. The third-order valence-corrected chi connectivity index (χ3v) is 11.1. The zero-order chi connectivity index (χ0) is 23.8. The van der Waals surface area contributed by atoms with Gasteiger partial charge in [-0.1, -0.05) is 39.0 Å². The molecule has 2 aromatic heterocycles. The molecule has 3 atom stereocenters. The Balaban J connectivity index is 1.57. The van der Waals surface area contributed by atoms with Gasteiger partial charge in [0.1, 0.15) is 18.7 Å². The maximum atomic E-state index is 12.6. The van der Waals surface area contributed by atoms with Crippen molar-refractivity contribution in [2.75, 3.05) is 11.9 Å². The van der Waals surface area contributed by atoms with Crippen molar-refractivity contribution in [2.24, 2.45) is 0 Å². The number of aliphatic hydroxyl groups is 1. The fourth-order valence-electron chi connectivity index (χ4n) is 3.64. The van der Waals surface area contributed by atoms with Crippen molar-refractivity contribution in [3.63, 3.8) is 0 Å². The number of ether oxygens (including phenoxy) is 1. The van der Waals surface area contributed by atoms with Crippen LogP contribution in [0, 0.1) is 0 Å². The van der Waals surface area contributed by atoms with E-state index in [-0.39, 0.29) is 23.7 Å². The van der Waals surface area contributed by atoms with E-state index in [1.54, 1.807) is 30.6 Å². The van der Waals surface area contributed by atoms with E-state index in [1.165, 1.54) is 6.33 Å². The highest BCUT2D eigenvalue weighted by atomic mass is 28.4. The summed E-state index contributed by atoms with van der Waals surface area (Å²) >= 11 is 0. The second-order valence-corrected chi connectivity index (χ2v) is 14.6. The Morgan fingerprint density at radius 3 is 2.64 bits per heavy atom. The smallest absolute Gasteiger partial charge is 0.256 e. The van der Waals surface area contributed by atoms with Crippen LogP contribution in [0.1, 0.15) is 43.8 Å². The predicted octanol–water partition coefficient (Wildman–Crippen LogP) is 3.75. The van der Waals surface area contributed by atoms with Crippen molar-refractivity contribution in [2.45, 2.75) is 63.8 Å². The number of hydrogen-bond acceptors (Lipinski definition) is 7. The molecule has 1 amide bonds. The number of fused-ring (bicyclic) bond motifs is 1. The predicted molar refractivity (Wildman–Crippen MR) is 127 cm³/mol. The highest BCUT2D eigenvalue weighted by Crippen LogP contribution is 2.41. The third kappa shape index (κ3) is 4.69. The second kappa shape index (κ2) is 8.94. The zero-order valence-corrected chi connectivity index (χ0v) is 20.6. The van der Waals surface area contributed by atoms with Gasteiger partial charge in [0.05, 0.1) is 19.0 Å². The number of anilines is 1. The first-order valence-electron chi connectivity index (χ1n) is 11.1. The summed E-state index contributed by atoms with van der Waals surface area (Å²) in [7, 11) is -2.04. The number of carbonyl (C=O) groups excluding carboxylic acids is 1. The maximum Gasteiger partial charge on any atom is 0.256 e. The largest absolute Gasteiger partial charge is 0.411 e. The van der Waals surface area contributed by atoms with Crippen molar-refractivity contribution in [3.05, 3.63) is 48.5 Å². The van der Waals surface area contributed by atoms with Crippen molar-refractivity contribution in [1.82, 2.24) is 19.5 Å². The molecule has 0 spiro atoms. The number of amides is 1. The van der Waals surface area contributed by atoms with Crippen LogP contribution in [0.4, 0.5) is 5.82 Å². The van der Waals surface area contributed by atoms with Crippen LogP contribution in [0.25, 0.3) is 11.2 Å². The Morgan fingerprint density at radius 1 is 1.24 bits per heavy atom. The van der Waals surface area contributed by atoms with E-state index in [0.717, 1.165) is 0 Å². The van der Waals surface area contributed by atoms with Gasteiger partial charge < -0.3 is 19.6 Å². The standard InChI is InChI=1S/C23H31N5O4Si/c1-23(2,3)33(4,5)32-16-11-18(31-17(16)12-29)28-14-26-19-20(24-13-25-21(19)28)27-22(30)15-9-7-6-8-10-15/h6-10,13-14,16-18,29H,11-12H2,1-5H3,(H,24,25,27,30)/t16-,17-,18-/m1/s1. The molecule has 0 saturated carbocycles. The lowest BCUT2D eigenvalue weighted by Gasteiger charge is -2.39. The van der Waals surface area contributed by atoms with Crippen LogP contribution in [0.2, 0.25) is 18.1 Å². The van der Waals surface area contributed by atoms with Gasteiger partial charge in [0.15, 0.2) is 25.3 Å². The van der Waals surface area contributed by atoms with Crippen molar-refractivity contribution >= 4 is 31.2 Å². The quantitative estimate of drug-likeness (QED) is 0.529. The monoisotopic (exact) mass is 469 g/mol. The molecule has 1 fully saturated rings.